The summed E-state index contributed by atoms with van der Waals surface area (Å²) in [5.74, 6) is 0.840. The molecule has 0 spiro atoms. The maximum absolute atomic E-state index is 12.7. The van der Waals surface area contributed by atoms with Crippen LogP contribution in [-0.4, -0.2) is 41.7 Å². The molecule has 3 rings (SSSR count). The van der Waals surface area contributed by atoms with Gasteiger partial charge in [0.2, 0.25) is 5.91 Å². The number of ether oxygens (including phenoxy) is 2. The van der Waals surface area contributed by atoms with Crippen LogP contribution in [0.3, 0.4) is 0 Å². The second-order valence-corrected chi connectivity index (χ2v) is 9.52. The number of benzene rings is 2. The summed E-state index contributed by atoms with van der Waals surface area (Å²) >= 11 is 4.29. The van der Waals surface area contributed by atoms with E-state index >= 15 is 0 Å². The first-order valence-electron chi connectivity index (χ1n) is 10.5. The first kappa shape index (κ1) is 24.9. The molecule has 9 heteroatoms. The summed E-state index contributed by atoms with van der Waals surface area (Å²) in [5, 5.41) is 2.21. The summed E-state index contributed by atoms with van der Waals surface area (Å²) in [7, 11) is 0. The lowest BCUT2D eigenvalue weighted by molar-refractivity contribution is -0.127. The fourth-order valence-corrected chi connectivity index (χ4v) is 4.26. The third-order valence-electron chi connectivity index (χ3n) is 4.45. The maximum atomic E-state index is 12.7. The number of rotatable bonds is 9. The van der Waals surface area contributed by atoms with Crippen molar-refractivity contribution in [2.24, 2.45) is 5.92 Å². The fraction of sp³-hybridized carbons (Fsp3) is 0.292. The first-order valence-corrected chi connectivity index (χ1v) is 12.1. The number of hydrogen-bond donors (Lipinski definition) is 1. The van der Waals surface area contributed by atoms with Crippen molar-refractivity contribution in [3.8, 4) is 11.5 Å². The summed E-state index contributed by atoms with van der Waals surface area (Å²) in [5.41, 5.74) is 1.29. The Morgan fingerprint density at radius 2 is 1.88 bits per heavy atom. The third kappa shape index (κ3) is 6.85. The molecule has 0 unspecified atom stereocenters. The average Bonchev–Trinajstić information content (AvgIpc) is 3.02. The highest BCUT2D eigenvalue weighted by Crippen LogP contribution is 2.34. The number of carbonyl (C=O) groups is 3. The van der Waals surface area contributed by atoms with Crippen LogP contribution >= 0.6 is 27.7 Å². The Morgan fingerprint density at radius 3 is 2.52 bits per heavy atom. The molecule has 174 valence electrons. The molecule has 0 bridgehead atoms. The minimum absolute atomic E-state index is 0.261. The number of nitrogens with zero attached hydrogens (tertiary/aromatic N) is 1. The second kappa shape index (κ2) is 11.4. The fourth-order valence-electron chi connectivity index (χ4n) is 2.91. The molecule has 33 heavy (non-hydrogen) atoms. The highest BCUT2D eigenvalue weighted by atomic mass is 79.9. The molecule has 2 aromatic carbocycles. The van der Waals surface area contributed by atoms with Crippen LogP contribution in [0.15, 0.2) is 51.8 Å². The molecule has 1 fully saturated rings. The topological polar surface area (TPSA) is 84.9 Å². The van der Waals surface area contributed by atoms with Gasteiger partial charge in [-0.05, 0) is 88.6 Å². The lowest BCUT2D eigenvalue weighted by Gasteiger charge is -2.13. The van der Waals surface area contributed by atoms with Gasteiger partial charge in [0.05, 0.1) is 22.6 Å². The Balaban J connectivity index is 1.63. The van der Waals surface area contributed by atoms with Crippen molar-refractivity contribution in [1.29, 1.82) is 0 Å². The molecular formula is C24H25BrN2O5S. The average molecular weight is 533 g/mol. The van der Waals surface area contributed by atoms with Gasteiger partial charge in [0, 0.05) is 5.69 Å². The highest BCUT2D eigenvalue weighted by Gasteiger charge is 2.36. The van der Waals surface area contributed by atoms with Crippen LogP contribution in [0.25, 0.3) is 6.08 Å². The van der Waals surface area contributed by atoms with Crippen molar-refractivity contribution in [3.63, 3.8) is 0 Å². The van der Waals surface area contributed by atoms with Crippen molar-refractivity contribution < 1.29 is 23.9 Å². The number of anilines is 1. The van der Waals surface area contributed by atoms with Gasteiger partial charge in [0.1, 0.15) is 18.0 Å². The normalized spacial score (nSPS) is 14.8. The largest absolute Gasteiger partial charge is 0.494 e. The minimum Gasteiger partial charge on any atom is -0.494 e. The zero-order chi connectivity index (χ0) is 24.0. The Labute approximate surface area is 205 Å². The van der Waals surface area contributed by atoms with E-state index in [1.54, 1.807) is 30.3 Å². The van der Waals surface area contributed by atoms with Gasteiger partial charge >= 0.3 is 0 Å². The second-order valence-electron chi connectivity index (χ2n) is 7.67. The van der Waals surface area contributed by atoms with Crippen molar-refractivity contribution in [2.75, 3.05) is 25.1 Å². The van der Waals surface area contributed by atoms with E-state index in [2.05, 4.69) is 35.1 Å². The van der Waals surface area contributed by atoms with Gasteiger partial charge in [0.25, 0.3) is 11.1 Å². The zero-order valence-electron chi connectivity index (χ0n) is 18.6. The van der Waals surface area contributed by atoms with Crippen LogP contribution in [0.4, 0.5) is 10.5 Å². The SMILES string of the molecule is CCOc1ccc(NC(=O)CN2C(=O)S/C(=C/c3ccc(OCC(C)C)c(Br)c3)C2=O)cc1. The van der Waals surface area contributed by atoms with E-state index in [4.69, 9.17) is 9.47 Å². The standard InChI is InChI=1S/C24H25BrN2O5S/c1-4-31-18-8-6-17(7-9-18)26-22(28)13-27-23(29)21(33-24(27)30)12-16-5-10-20(19(25)11-16)32-14-15(2)3/h5-12,15H,4,13-14H2,1-3H3,(H,26,28)/b21-12+. The summed E-state index contributed by atoms with van der Waals surface area (Å²) in [6.45, 7) is 6.80. The van der Waals surface area contributed by atoms with Gasteiger partial charge in [-0.1, -0.05) is 19.9 Å². The predicted octanol–water partition coefficient (Wildman–Crippen LogP) is 5.56. The highest BCUT2D eigenvalue weighted by molar-refractivity contribution is 9.10. The van der Waals surface area contributed by atoms with E-state index < -0.39 is 17.1 Å². The lowest BCUT2D eigenvalue weighted by Crippen LogP contribution is -2.36. The quantitative estimate of drug-likeness (QED) is 0.425. The van der Waals surface area contributed by atoms with E-state index in [-0.39, 0.29) is 11.4 Å². The molecule has 2 aromatic rings. The van der Waals surface area contributed by atoms with Gasteiger partial charge in [0.15, 0.2) is 0 Å². The number of imide groups is 1. The van der Waals surface area contributed by atoms with E-state index in [0.29, 0.717) is 36.3 Å². The van der Waals surface area contributed by atoms with Crippen molar-refractivity contribution in [3.05, 3.63) is 57.4 Å². The molecule has 1 N–H and O–H groups in total. The van der Waals surface area contributed by atoms with Crippen LogP contribution in [0.2, 0.25) is 0 Å². The summed E-state index contributed by atoms with van der Waals surface area (Å²) in [4.78, 5) is 38.7. The number of halogens is 1. The molecule has 3 amide bonds. The number of thioether (sulfide) groups is 1. The third-order valence-corrected chi connectivity index (χ3v) is 5.98. The minimum atomic E-state index is -0.497. The van der Waals surface area contributed by atoms with Gasteiger partial charge in [-0.2, -0.15) is 0 Å². The molecule has 0 aromatic heterocycles. The molecule has 0 saturated carbocycles. The molecule has 0 radical (unpaired) electrons. The van der Waals surface area contributed by atoms with Gasteiger partial charge in [-0.3, -0.25) is 19.3 Å². The maximum Gasteiger partial charge on any atom is 0.294 e. The van der Waals surface area contributed by atoms with Crippen molar-refractivity contribution >= 4 is 56.5 Å². The van der Waals surface area contributed by atoms with E-state index in [9.17, 15) is 14.4 Å². The van der Waals surface area contributed by atoms with E-state index in [0.717, 1.165) is 26.7 Å². The lowest BCUT2D eigenvalue weighted by atomic mass is 10.2. The Morgan fingerprint density at radius 1 is 1.15 bits per heavy atom. The molecule has 0 aliphatic carbocycles. The van der Waals surface area contributed by atoms with Gasteiger partial charge < -0.3 is 14.8 Å². The molecule has 1 aliphatic heterocycles. The number of nitrogens with one attached hydrogen (secondary N) is 1. The molecular weight excluding hydrogens is 508 g/mol. The van der Waals surface area contributed by atoms with E-state index in [1.807, 2.05) is 25.1 Å². The Hall–Kier alpha value is -2.78. The molecule has 7 nitrogen and oxygen atoms in total. The van der Waals surface area contributed by atoms with Crippen LogP contribution in [0.5, 0.6) is 11.5 Å². The summed E-state index contributed by atoms with van der Waals surface area (Å²) < 4.78 is 11.9. The van der Waals surface area contributed by atoms with Crippen LogP contribution < -0.4 is 14.8 Å². The van der Waals surface area contributed by atoms with Crippen LogP contribution in [0, 0.1) is 5.92 Å². The number of amides is 3. The van der Waals surface area contributed by atoms with Crippen LogP contribution in [0.1, 0.15) is 26.3 Å². The molecule has 1 saturated heterocycles. The van der Waals surface area contributed by atoms with Gasteiger partial charge in [-0.15, -0.1) is 0 Å². The van der Waals surface area contributed by atoms with Gasteiger partial charge in [-0.25, -0.2) is 0 Å². The molecule has 0 atom stereocenters. The number of hydrogen-bond acceptors (Lipinski definition) is 6. The monoisotopic (exact) mass is 532 g/mol. The van der Waals surface area contributed by atoms with Crippen molar-refractivity contribution in [1.82, 2.24) is 4.90 Å². The smallest absolute Gasteiger partial charge is 0.294 e. The predicted molar refractivity (Wildman–Crippen MR) is 133 cm³/mol. The number of carbonyl (C=O) groups excluding carboxylic acids is 3. The zero-order valence-corrected chi connectivity index (χ0v) is 21.0. The first-order chi connectivity index (χ1) is 15.8. The Kier molecular flexibility index (Phi) is 8.57. The molecule has 1 aliphatic rings. The van der Waals surface area contributed by atoms with Crippen LogP contribution in [-0.2, 0) is 9.59 Å². The van der Waals surface area contributed by atoms with Crippen molar-refractivity contribution in [2.45, 2.75) is 20.8 Å². The Bertz CT molecular complexity index is 1070. The summed E-state index contributed by atoms with van der Waals surface area (Å²) in [6.07, 6.45) is 1.63. The summed E-state index contributed by atoms with van der Waals surface area (Å²) in [6, 6.07) is 12.3. The van der Waals surface area contributed by atoms with E-state index in [1.165, 1.54) is 0 Å². The molecule has 1 heterocycles.